The standard InChI is InChI=1S/C9H11FN2O2/c1-3-14-9(13)12(2)8-6-4-5-7(10)11-8/h4-6H,3H2,1-2H3. The average molecular weight is 198 g/mol. The van der Waals surface area contributed by atoms with E-state index in [0.717, 1.165) is 4.90 Å². The number of anilines is 1. The van der Waals surface area contributed by atoms with Gasteiger partial charge in [-0.1, -0.05) is 6.07 Å². The third-order valence-corrected chi connectivity index (χ3v) is 1.59. The summed E-state index contributed by atoms with van der Waals surface area (Å²) in [5.41, 5.74) is 0. The summed E-state index contributed by atoms with van der Waals surface area (Å²) in [6.45, 7) is 1.98. The summed E-state index contributed by atoms with van der Waals surface area (Å²) >= 11 is 0. The first-order chi connectivity index (χ1) is 6.65. The Hall–Kier alpha value is -1.65. The van der Waals surface area contributed by atoms with Crippen LogP contribution in [0, 0.1) is 5.95 Å². The van der Waals surface area contributed by atoms with Crippen molar-refractivity contribution < 1.29 is 13.9 Å². The molecule has 0 radical (unpaired) electrons. The lowest BCUT2D eigenvalue weighted by atomic mass is 10.4. The number of hydrogen-bond donors (Lipinski definition) is 0. The maximum Gasteiger partial charge on any atom is 0.415 e. The van der Waals surface area contributed by atoms with Gasteiger partial charge in [0.1, 0.15) is 5.82 Å². The van der Waals surface area contributed by atoms with Crippen LogP contribution in [0.2, 0.25) is 0 Å². The van der Waals surface area contributed by atoms with E-state index in [1.54, 1.807) is 6.92 Å². The molecule has 1 amide bonds. The summed E-state index contributed by atoms with van der Waals surface area (Å²) < 4.78 is 17.4. The fourth-order valence-electron chi connectivity index (χ4n) is 0.898. The minimum absolute atomic E-state index is 0.225. The third kappa shape index (κ3) is 2.42. The lowest BCUT2D eigenvalue weighted by molar-refractivity contribution is 0.161. The van der Waals surface area contributed by atoms with Crippen molar-refractivity contribution in [1.82, 2.24) is 4.98 Å². The molecule has 1 heterocycles. The number of carbonyl (C=O) groups is 1. The third-order valence-electron chi connectivity index (χ3n) is 1.59. The summed E-state index contributed by atoms with van der Waals surface area (Å²) in [6, 6.07) is 4.22. The van der Waals surface area contributed by atoms with Gasteiger partial charge in [-0.25, -0.2) is 9.78 Å². The van der Waals surface area contributed by atoms with Crippen molar-refractivity contribution >= 4 is 11.9 Å². The van der Waals surface area contributed by atoms with Crippen LogP contribution in [0.15, 0.2) is 18.2 Å². The normalized spacial score (nSPS) is 9.64. The fourth-order valence-corrected chi connectivity index (χ4v) is 0.898. The minimum atomic E-state index is -0.626. The predicted molar refractivity (Wildman–Crippen MR) is 49.6 cm³/mol. The van der Waals surface area contributed by atoms with Crippen molar-refractivity contribution in [3.63, 3.8) is 0 Å². The van der Waals surface area contributed by atoms with Crippen LogP contribution in [0.1, 0.15) is 6.92 Å². The summed E-state index contributed by atoms with van der Waals surface area (Å²) in [6.07, 6.45) is -0.550. The van der Waals surface area contributed by atoms with E-state index in [1.165, 1.54) is 25.2 Å². The van der Waals surface area contributed by atoms with Crippen molar-refractivity contribution in [1.29, 1.82) is 0 Å². The monoisotopic (exact) mass is 198 g/mol. The number of pyridine rings is 1. The van der Waals surface area contributed by atoms with E-state index in [9.17, 15) is 9.18 Å². The summed E-state index contributed by atoms with van der Waals surface area (Å²) in [5, 5.41) is 0. The van der Waals surface area contributed by atoms with Crippen LogP contribution in [0.4, 0.5) is 15.0 Å². The van der Waals surface area contributed by atoms with Crippen LogP contribution in [0.3, 0.4) is 0 Å². The summed E-state index contributed by atoms with van der Waals surface area (Å²) in [5.74, 6) is -0.401. The van der Waals surface area contributed by atoms with Gasteiger partial charge in [-0.3, -0.25) is 4.90 Å². The molecule has 14 heavy (non-hydrogen) atoms. The van der Waals surface area contributed by atoms with Gasteiger partial charge in [0.15, 0.2) is 0 Å². The molecule has 0 aliphatic carbocycles. The van der Waals surface area contributed by atoms with Crippen molar-refractivity contribution in [3.05, 3.63) is 24.1 Å². The Labute approximate surface area is 81.3 Å². The Morgan fingerprint density at radius 1 is 1.64 bits per heavy atom. The molecule has 0 N–H and O–H groups in total. The molecule has 0 saturated heterocycles. The number of ether oxygens (including phenoxy) is 1. The number of nitrogens with zero attached hydrogens (tertiary/aromatic N) is 2. The Bertz CT molecular complexity index is 330. The van der Waals surface area contributed by atoms with E-state index in [0.29, 0.717) is 0 Å². The van der Waals surface area contributed by atoms with Gasteiger partial charge in [-0.15, -0.1) is 0 Å². The van der Waals surface area contributed by atoms with Crippen LogP contribution >= 0.6 is 0 Å². The molecule has 5 heteroatoms. The Morgan fingerprint density at radius 2 is 2.36 bits per heavy atom. The van der Waals surface area contributed by atoms with Gasteiger partial charge >= 0.3 is 6.09 Å². The van der Waals surface area contributed by atoms with Crippen LogP contribution in [0.25, 0.3) is 0 Å². The largest absolute Gasteiger partial charge is 0.449 e. The van der Waals surface area contributed by atoms with Crippen molar-refractivity contribution in [2.75, 3.05) is 18.6 Å². The molecule has 0 bridgehead atoms. The number of hydrogen-bond acceptors (Lipinski definition) is 3. The second-order valence-electron chi connectivity index (χ2n) is 2.58. The SMILES string of the molecule is CCOC(=O)N(C)c1cccc(F)n1. The molecule has 0 aliphatic heterocycles. The first-order valence-corrected chi connectivity index (χ1v) is 4.18. The van der Waals surface area contributed by atoms with Gasteiger partial charge in [0.05, 0.1) is 6.61 Å². The van der Waals surface area contributed by atoms with E-state index in [1.807, 2.05) is 0 Å². The molecule has 0 fully saturated rings. The van der Waals surface area contributed by atoms with Gasteiger partial charge < -0.3 is 4.74 Å². The molecule has 0 spiro atoms. The number of carbonyl (C=O) groups excluding carboxylic acids is 1. The topological polar surface area (TPSA) is 42.4 Å². The second kappa shape index (κ2) is 4.55. The highest BCUT2D eigenvalue weighted by Crippen LogP contribution is 2.09. The van der Waals surface area contributed by atoms with Crippen molar-refractivity contribution in [2.45, 2.75) is 6.92 Å². The van der Waals surface area contributed by atoms with Gasteiger partial charge in [0.25, 0.3) is 0 Å². The smallest absolute Gasteiger partial charge is 0.415 e. The zero-order chi connectivity index (χ0) is 10.6. The number of amides is 1. The molecule has 1 aromatic heterocycles. The van der Waals surface area contributed by atoms with Crippen LogP contribution in [0.5, 0.6) is 0 Å². The molecule has 0 atom stereocenters. The molecule has 76 valence electrons. The van der Waals surface area contributed by atoms with Gasteiger partial charge in [0.2, 0.25) is 5.95 Å². The van der Waals surface area contributed by atoms with Crippen LogP contribution in [-0.2, 0) is 4.74 Å². The number of aromatic nitrogens is 1. The first-order valence-electron chi connectivity index (χ1n) is 4.18. The Kier molecular flexibility index (Phi) is 3.39. The molecule has 0 aliphatic rings. The molecule has 1 aromatic rings. The van der Waals surface area contributed by atoms with Gasteiger partial charge in [-0.05, 0) is 19.1 Å². The summed E-state index contributed by atoms with van der Waals surface area (Å²) in [4.78, 5) is 15.9. The van der Waals surface area contributed by atoms with Gasteiger partial charge in [-0.2, -0.15) is 4.39 Å². The molecule has 4 nitrogen and oxygen atoms in total. The molecule has 0 aromatic carbocycles. The van der Waals surface area contributed by atoms with E-state index < -0.39 is 12.0 Å². The summed E-state index contributed by atoms with van der Waals surface area (Å²) in [7, 11) is 1.47. The molecule has 0 saturated carbocycles. The van der Waals surface area contributed by atoms with Crippen LogP contribution < -0.4 is 4.90 Å². The van der Waals surface area contributed by atoms with Crippen LogP contribution in [-0.4, -0.2) is 24.7 Å². The molecular formula is C9H11FN2O2. The highest BCUT2D eigenvalue weighted by Gasteiger charge is 2.12. The maximum atomic E-state index is 12.7. The van der Waals surface area contributed by atoms with Gasteiger partial charge in [0, 0.05) is 7.05 Å². The van der Waals surface area contributed by atoms with E-state index in [4.69, 9.17) is 4.74 Å². The highest BCUT2D eigenvalue weighted by molar-refractivity contribution is 5.85. The first kappa shape index (κ1) is 10.4. The lowest BCUT2D eigenvalue weighted by Crippen LogP contribution is -2.27. The molecule has 1 rings (SSSR count). The minimum Gasteiger partial charge on any atom is -0.449 e. The Balaban J connectivity index is 2.78. The Morgan fingerprint density at radius 3 is 2.93 bits per heavy atom. The van der Waals surface area contributed by atoms with E-state index in [-0.39, 0.29) is 12.4 Å². The predicted octanol–water partition coefficient (Wildman–Crippen LogP) is 1.81. The maximum absolute atomic E-state index is 12.7. The average Bonchev–Trinajstić information content (AvgIpc) is 2.17. The quantitative estimate of drug-likeness (QED) is 0.680. The zero-order valence-corrected chi connectivity index (χ0v) is 8.03. The highest BCUT2D eigenvalue weighted by atomic mass is 19.1. The number of rotatable bonds is 2. The van der Waals surface area contributed by atoms with E-state index >= 15 is 0 Å². The molecular weight excluding hydrogens is 187 g/mol. The molecule has 0 unspecified atom stereocenters. The number of halogens is 1. The van der Waals surface area contributed by atoms with E-state index in [2.05, 4.69) is 4.98 Å². The van der Waals surface area contributed by atoms with Crippen molar-refractivity contribution in [3.8, 4) is 0 Å². The lowest BCUT2D eigenvalue weighted by Gasteiger charge is -2.14. The second-order valence-corrected chi connectivity index (χ2v) is 2.58. The van der Waals surface area contributed by atoms with Crippen molar-refractivity contribution in [2.24, 2.45) is 0 Å². The zero-order valence-electron chi connectivity index (χ0n) is 8.03. The fraction of sp³-hybridized carbons (Fsp3) is 0.333.